The van der Waals surface area contributed by atoms with Crippen LogP contribution in [0.4, 0.5) is 11.5 Å². The summed E-state index contributed by atoms with van der Waals surface area (Å²) in [7, 11) is 0. The molecule has 0 aromatic carbocycles. The standard InChI is InChI=1S/C13H21N5O/c1-2-3-17-4-6-18(7-5-17)12-8-10(13(15)19)11(14)9-16-12/h8-9H,2-7,14H2,1H3,(H2,15,19). The lowest BCUT2D eigenvalue weighted by Crippen LogP contribution is -2.46. The van der Waals surface area contributed by atoms with E-state index in [1.54, 1.807) is 6.07 Å². The van der Waals surface area contributed by atoms with Gasteiger partial charge < -0.3 is 16.4 Å². The van der Waals surface area contributed by atoms with E-state index < -0.39 is 5.91 Å². The van der Waals surface area contributed by atoms with Crippen molar-refractivity contribution in [2.24, 2.45) is 5.73 Å². The van der Waals surface area contributed by atoms with Crippen molar-refractivity contribution >= 4 is 17.4 Å². The van der Waals surface area contributed by atoms with Gasteiger partial charge in [0, 0.05) is 26.2 Å². The number of nitrogens with zero attached hydrogens (tertiary/aromatic N) is 3. The van der Waals surface area contributed by atoms with Crippen molar-refractivity contribution in [1.82, 2.24) is 9.88 Å². The van der Waals surface area contributed by atoms with Crippen molar-refractivity contribution in [2.75, 3.05) is 43.4 Å². The molecule has 6 nitrogen and oxygen atoms in total. The quantitative estimate of drug-likeness (QED) is 0.815. The van der Waals surface area contributed by atoms with Crippen LogP contribution in [0.15, 0.2) is 12.3 Å². The average Bonchev–Trinajstić information content (AvgIpc) is 2.40. The third kappa shape index (κ3) is 3.14. The Bertz CT molecular complexity index is 454. The van der Waals surface area contributed by atoms with Gasteiger partial charge in [-0.1, -0.05) is 6.92 Å². The van der Waals surface area contributed by atoms with Crippen LogP contribution in [-0.4, -0.2) is 48.5 Å². The average molecular weight is 263 g/mol. The molecular weight excluding hydrogens is 242 g/mol. The molecule has 0 unspecified atom stereocenters. The van der Waals surface area contributed by atoms with Gasteiger partial charge in [-0.2, -0.15) is 0 Å². The Morgan fingerprint density at radius 1 is 1.37 bits per heavy atom. The molecule has 6 heteroatoms. The Morgan fingerprint density at radius 2 is 2.05 bits per heavy atom. The molecule has 104 valence electrons. The molecule has 0 atom stereocenters. The van der Waals surface area contributed by atoms with Gasteiger partial charge in [0.2, 0.25) is 0 Å². The smallest absolute Gasteiger partial charge is 0.250 e. The second kappa shape index (κ2) is 5.88. The van der Waals surface area contributed by atoms with Crippen LogP contribution in [0.3, 0.4) is 0 Å². The van der Waals surface area contributed by atoms with Gasteiger partial charge in [0.1, 0.15) is 5.82 Å². The van der Waals surface area contributed by atoms with Crippen LogP contribution in [0, 0.1) is 0 Å². The highest BCUT2D eigenvalue weighted by atomic mass is 16.1. The first kappa shape index (κ1) is 13.6. The van der Waals surface area contributed by atoms with Crippen LogP contribution >= 0.6 is 0 Å². The fraction of sp³-hybridized carbons (Fsp3) is 0.538. The van der Waals surface area contributed by atoms with E-state index in [0.29, 0.717) is 11.3 Å². The summed E-state index contributed by atoms with van der Waals surface area (Å²) < 4.78 is 0. The zero-order valence-electron chi connectivity index (χ0n) is 11.3. The largest absolute Gasteiger partial charge is 0.397 e. The van der Waals surface area contributed by atoms with Gasteiger partial charge in [0.15, 0.2) is 0 Å². The first-order valence-corrected chi connectivity index (χ1v) is 6.64. The highest BCUT2D eigenvalue weighted by Crippen LogP contribution is 2.19. The number of carbonyl (C=O) groups is 1. The van der Waals surface area contributed by atoms with Gasteiger partial charge in [-0.25, -0.2) is 4.98 Å². The number of rotatable bonds is 4. The minimum absolute atomic E-state index is 0.334. The Balaban J connectivity index is 2.07. The number of carbonyl (C=O) groups excluding carboxylic acids is 1. The van der Waals surface area contributed by atoms with Crippen molar-refractivity contribution < 1.29 is 4.79 Å². The topological polar surface area (TPSA) is 88.5 Å². The van der Waals surface area contributed by atoms with E-state index in [0.717, 1.165) is 38.5 Å². The Morgan fingerprint density at radius 3 is 2.63 bits per heavy atom. The Kier molecular flexibility index (Phi) is 4.21. The molecule has 19 heavy (non-hydrogen) atoms. The van der Waals surface area contributed by atoms with Gasteiger partial charge in [-0.3, -0.25) is 9.69 Å². The van der Waals surface area contributed by atoms with E-state index in [4.69, 9.17) is 11.5 Å². The summed E-state index contributed by atoms with van der Waals surface area (Å²) in [5, 5.41) is 0. The zero-order chi connectivity index (χ0) is 13.8. The second-order valence-electron chi connectivity index (χ2n) is 4.82. The summed E-state index contributed by atoms with van der Waals surface area (Å²) in [5.74, 6) is 0.268. The summed E-state index contributed by atoms with van der Waals surface area (Å²) in [6.07, 6.45) is 2.68. The maximum Gasteiger partial charge on any atom is 0.250 e. The molecule has 0 aliphatic carbocycles. The maximum absolute atomic E-state index is 11.3. The van der Waals surface area contributed by atoms with Crippen molar-refractivity contribution in [1.29, 1.82) is 0 Å². The van der Waals surface area contributed by atoms with Crippen molar-refractivity contribution in [3.63, 3.8) is 0 Å². The summed E-state index contributed by atoms with van der Waals surface area (Å²) in [4.78, 5) is 20.2. The fourth-order valence-corrected chi connectivity index (χ4v) is 2.36. The molecule has 1 aromatic rings. The number of nitrogens with two attached hydrogens (primary N) is 2. The minimum atomic E-state index is -0.509. The molecular formula is C13H21N5O. The fourth-order valence-electron chi connectivity index (χ4n) is 2.36. The number of hydrogen-bond donors (Lipinski definition) is 2. The highest BCUT2D eigenvalue weighted by molar-refractivity contribution is 5.98. The molecule has 4 N–H and O–H groups in total. The number of nitrogen functional groups attached to an aromatic ring is 1. The molecule has 1 aromatic heterocycles. The molecule has 0 radical (unpaired) electrons. The van der Waals surface area contributed by atoms with Gasteiger partial charge in [0.25, 0.3) is 5.91 Å². The van der Waals surface area contributed by atoms with E-state index in [2.05, 4.69) is 21.7 Å². The third-order valence-corrected chi connectivity index (χ3v) is 3.42. The van der Waals surface area contributed by atoms with E-state index >= 15 is 0 Å². The third-order valence-electron chi connectivity index (χ3n) is 3.42. The molecule has 1 aliphatic heterocycles. The van der Waals surface area contributed by atoms with Gasteiger partial charge in [0.05, 0.1) is 17.4 Å². The predicted octanol–water partition coefficient (Wildman–Crippen LogP) is 0.295. The van der Waals surface area contributed by atoms with Crippen LogP contribution < -0.4 is 16.4 Å². The number of hydrogen-bond acceptors (Lipinski definition) is 5. The molecule has 0 saturated carbocycles. The first-order chi connectivity index (χ1) is 9.11. The summed E-state index contributed by atoms with van der Waals surface area (Å²) in [6, 6.07) is 1.69. The van der Waals surface area contributed by atoms with Crippen molar-refractivity contribution in [3.8, 4) is 0 Å². The zero-order valence-corrected chi connectivity index (χ0v) is 11.3. The molecule has 0 bridgehead atoms. The minimum Gasteiger partial charge on any atom is -0.397 e. The summed E-state index contributed by atoms with van der Waals surface area (Å²) in [5.41, 5.74) is 11.7. The van der Waals surface area contributed by atoms with Crippen LogP contribution in [0.1, 0.15) is 23.7 Å². The van der Waals surface area contributed by atoms with Gasteiger partial charge in [-0.05, 0) is 19.0 Å². The van der Waals surface area contributed by atoms with E-state index in [9.17, 15) is 4.79 Å². The molecule has 1 aliphatic rings. The summed E-state index contributed by atoms with van der Waals surface area (Å²) >= 11 is 0. The van der Waals surface area contributed by atoms with Crippen LogP contribution in [0.5, 0.6) is 0 Å². The number of anilines is 2. The number of pyridine rings is 1. The van der Waals surface area contributed by atoms with Crippen LogP contribution in [0.25, 0.3) is 0 Å². The van der Waals surface area contributed by atoms with Gasteiger partial charge in [-0.15, -0.1) is 0 Å². The molecule has 0 spiro atoms. The van der Waals surface area contributed by atoms with Crippen molar-refractivity contribution in [3.05, 3.63) is 17.8 Å². The number of aromatic nitrogens is 1. The van der Waals surface area contributed by atoms with E-state index in [1.807, 2.05) is 0 Å². The van der Waals surface area contributed by atoms with Crippen LogP contribution in [0.2, 0.25) is 0 Å². The second-order valence-corrected chi connectivity index (χ2v) is 4.82. The number of amides is 1. The monoisotopic (exact) mass is 263 g/mol. The SMILES string of the molecule is CCCN1CCN(c2cc(C(N)=O)c(N)cn2)CC1. The Hall–Kier alpha value is -1.82. The molecule has 2 heterocycles. The first-order valence-electron chi connectivity index (χ1n) is 6.64. The molecule has 2 rings (SSSR count). The lowest BCUT2D eigenvalue weighted by molar-refractivity contribution is 0.100. The normalized spacial score (nSPS) is 16.6. The molecule has 1 saturated heterocycles. The highest BCUT2D eigenvalue weighted by Gasteiger charge is 2.18. The maximum atomic E-state index is 11.3. The lowest BCUT2D eigenvalue weighted by atomic mass is 10.2. The summed E-state index contributed by atoms with van der Waals surface area (Å²) in [6.45, 7) is 7.18. The predicted molar refractivity (Wildman–Crippen MR) is 76.1 cm³/mol. The molecule has 1 amide bonds. The number of piperazine rings is 1. The molecule has 1 fully saturated rings. The Labute approximate surface area is 113 Å². The van der Waals surface area contributed by atoms with E-state index in [-0.39, 0.29) is 0 Å². The van der Waals surface area contributed by atoms with E-state index in [1.165, 1.54) is 12.6 Å². The van der Waals surface area contributed by atoms with Crippen LogP contribution in [-0.2, 0) is 0 Å². The van der Waals surface area contributed by atoms with Crippen molar-refractivity contribution in [2.45, 2.75) is 13.3 Å². The lowest BCUT2D eigenvalue weighted by Gasteiger charge is -2.35. The van der Waals surface area contributed by atoms with Gasteiger partial charge >= 0.3 is 0 Å². The number of primary amides is 1.